The molecule has 16 fully saturated rings. The third kappa shape index (κ3) is 13.9. The van der Waals surface area contributed by atoms with Crippen LogP contribution in [0, 0.1) is 10.1 Å². The Labute approximate surface area is 543 Å². The Morgan fingerprint density at radius 1 is 0.542 bits per heavy atom. The van der Waals surface area contributed by atoms with Gasteiger partial charge in [-0.3, -0.25) is 14.8 Å². The van der Waals surface area contributed by atoms with Crippen LogP contribution in [0.25, 0.3) is 22.2 Å². The fraction of sp³-hybridized carbons (Fsp3) is 0.719. The maximum Gasteiger partial charge on any atom is 0.306 e. The van der Waals surface area contributed by atoms with E-state index in [1.165, 1.54) is 18.5 Å². The van der Waals surface area contributed by atoms with E-state index in [1.54, 1.807) is 42.3 Å². The van der Waals surface area contributed by atoms with Crippen LogP contribution in [0.1, 0.15) is 25.3 Å². The van der Waals surface area contributed by atoms with Gasteiger partial charge in [0.2, 0.25) is 0 Å². The SMILES string of the molecule is CC(C)c1c(Nc2ccnc(-c3cnn(C)c3)n2)ncc2c(N3[C@@H]4[C@@H](OC[N+](=O)[O-])[C@@H](O)[C@@H](O[C@H]5[C@H](O)[C@@H](O)[C@@H](O[C@H]6[C@H](O)[C@@H](O)[C@@H](O[C@H]7[C@H](O)[C@@H](O)[C@@H](O[C@H]8[C@H](O)[C@@H](O)[C@@H](O[C@H]9[C@H](O)[C@@H](O)[C@H]3O[C@@H]9CO)O[C@@H]8CO)O[C@@H]7CO)O[C@@H]6CO)O[C@@H]5CO)O[C@H]4CO)cccc12. The molecule has 4 aromatic rings. The summed E-state index contributed by atoms with van der Waals surface area (Å²) in [4.78, 5) is 26.4. The van der Waals surface area contributed by atoms with Crippen molar-refractivity contribution in [2.24, 2.45) is 7.05 Å². The Hall–Kier alpha value is -5.24. The maximum atomic E-state index is 12.7. The Balaban J connectivity index is 1.01. The molecule has 3 aromatic heterocycles. The third-order valence-corrected chi connectivity index (χ3v) is 18.0. The largest absolute Gasteiger partial charge is 0.394 e. The number of nitrogens with one attached hydrogen (secondary N) is 1. The first-order chi connectivity index (χ1) is 45.9. The lowest BCUT2D eigenvalue weighted by Crippen LogP contribution is -2.73. The molecule has 16 aliphatic heterocycles. The van der Waals surface area contributed by atoms with Crippen LogP contribution in [-0.2, 0) is 63.9 Å². The number of ether oxygens (including phenoxy) is 12. The topological polar surface area (TPSA) is 570 Å². The molecular formula is C57H80N8O31. The number of rotatable bonds is 14. The Bertz CT molecular complexity index is 3230. The smallest absolute Gasteiger partial charge is 0.306 e. The molecule has 20 rings (SSSR count). The van der Waals surface area contributed by atoms with Crippen LogP contribution in [0.15, 0.2) is 49.1 Å². The fourth-order valence-electron chi connectivity index (χ4n) is 13.3. The van der Waals surface area contributed by atoms with Gasteiger partial charge >= 0.3 is 6.73 Å². The molecule has 16 saturated heterocycles. The van der Waals surface area contributed by atoms with Crippen molar-refractivity contribution >= 4 is 28.1 Å². The number of hydrogen-bond donors (Lipinski definition) is 18. The number of aromatic nitrogens is 5. The summed E-state index contributed by atoms with van der Waals surface area (Å²) in [5, 5.41) is 216. The van der Waals surface area contributed by atoms with Gasteiger partial charge in [-0.15, -0.1) is 0 Å². The maximum absolute atomic E-state index is 12.7. The van der Waals surface area contributed by atoms with E-state index in [9.17, 15) is 96.9 Å². The highest BCUT2D eigenvalue weighted by atomic mass is 16.8. The van der Waals surface area contributed by atoms with Gasteiger partial charge in [0, 0.05) is 47.2 Å². The number of hydrogen-bond acceptors (Lipinski definition) is 37. The second-order valence-electron chi connectivity index (χ2n) is 24.5. The molecule has 0 radical (unpaired) electrons. The summed E-state index contributed by atoms with van der Waals surface area (Å²) in [5.74, 6) is 0.527. The fourth-order valence-corrected chi connectivity index (χ4v) is 13.3. The van der Waals surface area contributed by atoms with Crippen LogP contribution in [0.3, 0.4) is 0 Å². The molecule has 39 nitrogen and oxygen atoms in total. The molecule has 0 unspecified atom stereocenters. The highest BCUT2D eigenvalue weighted by molar-refractivity contribution is 5.98. The minimum Gasteiger partial charge on any atom is -0.394 e. The first-order valence-corrected chi connectivity index (χ1v) is 30.8. The molecule has 0 spiro atoms. The van der Waals surface area contributed by atoms with Crippen LogP contribution < -0.4 is 10.2 Å². The molecule has 0 amide bonds. The monoisotopic (exact) mass is 1370 g/mol. The van der Waals surface area contributed by atoms with Gasteiger partial charge in [0.05, 0.1) is 57.4 Å². The lowest BCUT2D eigenvalue weighted by molar-refractivity contribution is -0.534. The average Bonchev–Trinajstić information content (AvgIpc) is 0.791. The first-order valence-electron chi connectivity index (χ1n) is 30.8. The van der Waals surface area contributed by atoms with E-state index in [1.807, 2.05) is 13.8 Å². The predicted octanol–water partition coefficient (Wildman–Crippen LogP) is -8.70. The molecule has 0 saturated carbocycles. The van der Waals surface area contributed by atoms with Gasteiger partial charge in [0.1, 0.15) is 152 Å². The Morgan fingerprint density at radius 2 is 0.979 bits per heavy atom. The number of aliphatic hydroxyl groups is 17. The van der Waals surface area contributed by atoms with E-state index in [4.69, 9.17) is 61.8 Å². The number of anilines is 3. The van der Waals surface area contributed by atoms with Crippen LogP contribution in [0.5, 0.6) is 0 Å². The summed E-state index contributed by atoms with van der Waals surface area (Å²) in [6.07, 6.45) is -53.7. The van der Waals surface area contributed by atoms with E-state index in [-0.39, 0.29) is 22.8 Å². The third-order valence-electron chi connectivity index (χ3n) is 18.0. The average molecular weight is 1370 g/mol. The second kappa shape index (κ2) is 30.3. The van der Waals surface area contributed by atoms with Crippen LogP contribution in [-0.4, -0.2) is 347 Å². The molecule has 534 valence electrons. The lowest BCUT2D eigenvalue weighted by Gasteiger charge is -2.55. The van der Waals surface area contributed by atoms with Crippen LogP contribution in [0.4, 0.5) is 17.3 Å². The van der Waals surface area contributed by atoms with Gasteiger partial charge in [0.15, 0.2) is 43.5 Å². The molecule has 18 N–H and O–H groups in total. The van der Waals surface area contributed by atoms with Crippen molar-refractivity contribution in [2.45, 2.75) is 204 Å². The molecule has 16 aliphatic rings. The van der Waals surface area contributed by atoms with Crippen molar-refractivity contribution in [3.8, 4) is 11.4 Å². The minimum atomic E-state index is -2.33. The number of pyridine rings is 1. The Morgan fingerprint density at radius 3 is 1.41 bits per heavy atom. The van der Waals surface area contributed by atoms with Crippen molar-refractivity contribution < 1.29 is 149 Å². The molecule has 19 heterocycles. The quantitative estimate of drug-likeness (QED) is 0.0317. The van der Waals surface area contributed by atoms with Crippen molar-refractivity contribution in [3.05, 3.63) is 64.7 Å². The van der Waals surface area contributed by atoms with Gasteiger partial charge in [-0.2, -0.15) is 5.10 Å². The summed E-state index contributed by atoms with van der Waals surface area (Å²) >= 11 is 0. The van der Waals surface area contributed by atoms with E-state index < -0.39 is 235 Å². The number of aliphatic hydroxyl groups excluding tert-OH is 17. The molecule has 12 bridgehead atoms. The van der Waals surface area contributed by atoms with Gasteiger partial charge in [-0.1, -0.05) is 26.0 Å². The summed E-state index contributed by atoms with van der Waals surface area (Å²) in [6.45, 7) is -4.21. The van der Waals surface area contributed by atoms with Gasteiger partial charge in [-0.25, -0.2) is 15.0 Å². The summed E-state index contributed by atoms with van der Waals surface area (Å²) in [7, 11) is 1.73. The molecule has 1 aromatic carbocycles. The van der Waals surface area contributed by atoms with E-state index >= 15 is 0 Å². The zero-order chi connectivity index (χ0) is 68.9. The van der Waals surface area contributed by atoms with Crippen molar-refractivity contribution in [2.75, 3.05) is 56.6 Å². The predicted molar refractivity (Wildman–Crippen MR) is 311 cm³/mol. The van der Waals surface area contributed by atoms with Crippen molar-refractivity contribution in [1.29, 1.82) is 0 Å². The molecule has 96 heavy (non-hydrogen) atoms. The highest BCUT2D eigenvalue weighted by Gasteiger charge is 2.60. The number of nitrogens with zero attached hydrogens (tertiary/aromatic N) is 7. The molecule has 0 aliphatic carbocycles. The molecule has 39 heteroatoms. The lowest BCUT2D eigenvalue weighted by atomic mass is 9.89. The van der Waals surface area contributed by atoms with Crippen molar-refractivity contribution in [1.82, 2.24) is 24.7 Å². The number of nitro groups is 1. The molecule has 30 atom stereocenters. The van der Waals surface area contributed by atoms with Gasteiger partial charge < -0.3 is 154 Å². The normalized spacial score (nSPS) is 41.8. The minimum absolute atomic E-state index is 0.0505. The number of benzene rings is 1. The van der Waals surface area contributed by atoms with Gasteiger partial charge in [-0.05, 0) is 23.4 Å². The molecular weight excluding hydrogens is 1290 g/mol. The van der Waals surface area contributed by atoms with E-state index in [0.717, 1.165) is 4.90 Å². The number of aryl methyl sites for hydroxylation is 1. The second-order valence-corrected chi connectivity index (χ2v) is 24.5. The Kier molecular flexibility index (Phi) is 22.7. The first kappa shape index (κ1) is 72.0. The van der Waals surface area contributed by atoms with Crippen molar-refractivity contribution in [3.63, 3.8) is 0 Å². The zero-order valence-corrected chi connectivity index (χ0v) is 51.4. The number of fused-ring (bicyclic) bond motifs is 1. The van der Waals surface area contributed by atoms with Gasteiger partial charge in [0.25, 0.3) is 0 Å². The summed E-state index contributed by atoms with van der Waals surface area (Å²) in [6, 6.07) is 4.40. The van der Waals surface area contributed by atoms with Crippen LogP contribution >= 0.6 is 0 Å². The summed E-state index contributed by atoms with van der Waals surface area (Å²) in [5.41, 5.74) is 1.09. The van der Waals surface area contributed by atoms with E-state index in [2.05, 4.69) is 20.4 Å². The van der Waals surface area contributed by atoms with Crippen LogP contribution in [0.2, 0.25) is 0 Å². The zero-order valence-electron chi connectivity index (χ0n) is 51.4. The van der Waals surface area contributed by atoms with E-state index in [0.29, 0.717) is 28.2 Å². The summed E-state index contributed by atoms with van der Waals surface area (Å²) < 4.78 is 73.1. The highest BCUT2D eigenvalue weighted by Crippen LogP contribution is 2.44. The standard InChI is InChI=1S/C57H80N8O31/c1-19(2)31-21-5-4-6-23(22(21)10-59-51(31)62-30-7-8-58-50(61-30)20-9-60-63(3)11-20)65-32-24(12-66)87-57(43(82)49(32)85-18-64(83)84)96-48-29(17-71)91-56(42(81)37(48)76)95-47-28(16-70)90-55(41(80)36(47)75)94-46-27(15-69)89-54(40(79)35(46)74)93-45-26(14-68)88-53(39(78)34(45)73)92-44-25(13-67)86-52(65)38(77)33(44)72/h4-11,19,24-29,32-49,52-57,66-82H,12-18H2,1-3H3,(H,58,59,61,62)/t24-,25+,26+,27+,28+,29+,32-,33+,34+,35+,36+,37+,38+,39+,40+,41+,42+,43+,44+,45+,46+,47+,48+,49+,52+,53+,54+,55+,56+,57+/m0/s1.